The van der Waals surface area contributed by atoms with Gasteiger partial charge >= 0.3 is 5.92 Å². The molecule has 3 nitrogen and oxygen atoms in total. The molecule has 1 aromatic rings. The number of likely N-dealkylation sites (tertiary alicyclic amines) is 1. The molecule has 0 atom stereocenters. The average Bonchev–Trinajstić information content (AvgIpc) is 2.35. The van der Waals surface area contributed by atoms with E-state index >= 15 is 0 Å². The number of carbonyl (C=O) groups is 1. The fourth-order valence-electron chi connectivity index (χ4n) is 2.32. The van der Waals surface area contributed by atoms with Crippen molar-refractivity contribution in [3.63, 3.8) is 0 Å². The molecule has 108 valence electrons. The minimum Gasteiger partial charge on any atom is -0.383 e. The number of nitrogens with zero attached hydrogens (tertiary/aromatic N) is 2. The molecule has 2 rings (SSSR count). The lowest BCUT2D eigenvalue weighted by atomic mass is 9.99. The van der Waals surface area contributed by atoms with Crippen molar-refractivity contribution in [2.45, 2.75) is 12.5 Å². The van der Waals surface area contributed by atoms with Crippen LogP contribution in [0.15, 0.2) is 42.1 Å². The van der Waals surface area contributed by atoms with E-state index in [9.17, 15) is 13.6 Å². The second-order valence-corrected chi connectivity index (χ2v) is 5.28. The number of carbonyl (C=O) groups excluding carboxylic acids is 1. The summed E-state index contributed by atoms with van der Waals surface area (Å²) in [6.07, 6.45) is 1.48. The van der Waals surface area contributed by atoms with E-state index < -0.39 is 18.3 Å². The molecule has 0 N–H and O–H groups in total. The van der Waals surface area contributed by atoms with E-state index in [1.54, 1.807) is 23.9 Å². The maximum atomic E-state index is 13.8. The third-order valence-corrected chi connectivity index (χ3v) is 3.10. The van der Waals surface area contributed by atoms with E-state index in [4.69, 9.17) is 0 Å². The Morgan fingerprint density at radius 1 is 1.30 bits per heavy atom. The van der Waals surface area contributed by atoms with Gasteiger partial charge in [-0.05, 0) is 5.56 Å². The number of piperidine rings is 1. The molecule has 0 amide bonds. The molecule has 0 radical (unpaired) electrons. The first-order valence-corrected chi connectivity index (χ1v) is 6.44. The largest absolute Gasteiger partial charge is 0.383 e. The lowest BCUT2D eigenvalue weighted by molar-refractivity contribution is -0.145. The predicted octanol–water partition coefficient (Wildman–Crippen LogP) is 2.15. The van der Waals surface area contributed by atoms with Crippen LogP contribution in [0, 0.1) is 0 Å². The predicted molar refractivity (Wildman–Crippen MR) is 73.4 cm³/mol. The minimum absolute atomic E-state index is 0.155. The van der Waals surface area contributed by atoms with Gasteiger partial charge in [0.05, 0.1) is 6.54 Å². The van der Waals surface area contributed by atoms with Crippen LogP contribution < -0.4 is 0 Å². The van der Waals surface area contributed by atoms with Gasteiger partial charge in [0.1, 0.15) is 0 Å². The molecule has 1 aromatic carbocycles. The Hall–Kier alpha value is -1.75. The normalized spacial score (nSPS) is 21.2. The van der Waals surface area contributed by atoms with Crippen LogP contribution in [0.2, 0.25) is 0 Å². The highest BCUT2D eigenvalue weighted by Crippen LogP contribution is 2.27. The van der Waals surface area contributed by atoms with Crippen molar-refractivity contribution in [2.24, 2.45) is 0 Å². The van der Waals surface area contributed by atoms with Crippen LogP contribution in [0.5, 0.6) is 0 Å². The Morgan fingerprint density at radius 3 is 2.55 bits per heavy atom. The van der Waals surface area contributed by atoms with Crippen LogP contribution in [-0.2, 0) is 11.3 Å². The standard InChI is InChI=1S/C15H18F2N2O/c1-18(2)9-13-10-19(11-15(16,17)14(13)20)8-12-6-4-3-5-7-12/h3-7,9H,8,10-11H2,1-2H3/b13-9+. The maximum absolute atomic E-state index is 13.8. The highest BCUT2D eigenvalue weighted by Gasteiger charge is 2.46. The van der Waals surface area contributed by atoms with Crippen molar-refractivity contribution in [1.82, 2.24) is 9.80 Å². The summed E-state index contributed by atoms with van der Waals surface area (Å²) < 4.78 is 27.6. The molecule has 1 fully saturated rings. The average molecular weight is 280 g/mol. The van der Waals surface area contributed by atoms with E-state index in [2.05, 4.69) is 0 Å². The number of rotatable bonds is 3. The van der Waals surface area contributed by atoms with Crippen LogP contribution >= 0.6 is 0 Å². The molecular weight excluding hydrogens is 262 g/mol. The van der Waals surface area contributed by atoms with Crippen molar-refractivity contribution in [1.29, 1.82) is 0 Å². The molecular formula is C15H18F2N2O. The number of hydrogen-bond donors (Lipinski definition) is 0. The van der Waals surface area contributed by atoms with Crippen LogP contribution in [0.3, 0.4) is 0 Å². The topological polar surface area (TPSA) is 23.6 Å². The number of alkyl halides is 2. The summed E-state index contributed by atoms with van der Waals surface area (Å²) in [4.78, 5) is 14.9. The lowest BCUT2D eigenvalue weighted by Crippen LogP contribution is -2.50. The zero-order valence-electron chi connectivity index (χ0n) is 11.6. The summed E-state index contributed by atoms with van der Waals surface area (Å²) >= 11 is 0. The number of hydrogen-bond acceptors (Lipinski definition) is 3. The van der Waals surface area contributed by atoms with Gasteiger partial charge in [0.2, 0.25) is 5.78 Å². The second-order valence-electron chi connectivity index (χ2n) is 5.28. The third-order valence-electron chi connectivity index (χ3n) is 3.10. The van der Waals surface area contributed by atoms with Gasteiger partial charge in [-0.1, -0.05) is 30.3 Å². The Balaban J connectivity index is 2.17. The summed E-state index contributed by atoms with van der Waals surface area (Å²) in [7, 11) is 3.43. The van der Waals surface area contributed by atoms with Crippen LogP contribution in [0.4, 0.5) is 8.78 Å². The van der Waals surface area contributed by atoms with Gasteiger partial charge in [0.25, 0.3) is 0 Å². The Bertz CT molecular complexity index is 512. The monoisotopic (exact) mass is 280 g/mol. The highest BCUT2D eigenvalue weighted by molar-refractivity contribution is 6.02. The van der Waals surface area contributed by atoms with E-state index in [0.29, 0.717) is 6.54 Å². The van der Waals surface area contributed by atoms with Crippen molar-refractivity contribution in [3.8, 4) is 0 Å². The molecule has 1 saturated heterocycles. The van der Waals surface area contributed by atoms with Gasteiger partial charge in [0.15, 0.2) is 0 Å². The minimum atomic E-state index is -3.31. The fourth-order valence-corrected chi connectivity index (χ4v) is 2.32. The van der Waals surface area contributed by atoms with Crippen LogP contribution in [0.1, 0.15) is 5.56 Å². The fraction of sp³-hybridized carbons (Fsp3) is 0.400. The van der Waals surface area contributed by atoms with Gasteiger partial charge in [-0.3, -0.25) is 9.69 Å². The van der Waals surface area contributed by atoms with Gasteiger partial charge in [-0.2, -0.15) is 8.78 Å². The second kappa shape index (κ2) is 5.71. The number of ketones is 1. The maximum Gasteiger partial charge on any atom is 0.321 e. The number of halogens is 2. The molecule has 1 heterocycles. The van der Waals surface area contributed by atoms with Gasteiger partial charge in [-0.25, -0.2) is 0 Å². The number of benzene rings is 1. The summed E-state index contributed by atoms with van der Waals surface area (Å²) in [5, 5.41) is 0. The van der Waals surface area contributed by atoms with E-state index in [0.717, 1.165) is 5.56 Å². The quantitative estimate of drug-likeness (QED) is 0.793. The molecule has 0 aromatic heterocycles. The zero-order chi connectivity index (χ0) is 14.8. The Labute approximate surface area is 117 Å². The van der Waals surface area contributed by atoms with Crippen molar-refractivity contribution < 1.29 is 13.6 Å². The molecule has 20 heavy (non-hydrogen) atoms. The van der Waals surface area contributed by atoms with Gasteiger partial charge in [0, 0.05) is 39.0 Å². The smallest absolute Gasteiger partial charge is 0.321 e. The van der Waals surface area contributed by atoms with Crippen molar-refractivity contribution in [3.05, 3.63) is 47.7 Å². The molecule has 0 unspecified atom stereocenters. The van der Waals surface area contributed by atoms with Crippen molar-refractivity contribution in [2.75, 3.05) is 27.2 Å². The summed E-state index contributed by atoms with van der Waals surface area (Å²) in [5.41, 5.74) is 1.11. The van der Waals surface area contributed by atoms with Crippen LogP contribution in [-0.4, -0.2) is 48.7 Å². The van der Waals surface area contributed by atoms with E-state index in [1.807, 2.05) is 30.3 Å². The zero-order valence-corrected chi connectivity index (χ0v) is 11.6. The molecule has 1 aliphatic heterocycles. The molecule has 1 aliphatic rings. The first-order chi connectivity index (χ1) is 9.38. The Morgan fingerprint density at radius 2 is 1.95 bits per heavy atom. The van der Waals surface area contributed by atoms with Gasteiger partial charge in [-0.15, -0.1) is 0 Å². The molecule has 5 heteroatoms. The molecule has 0 bridgehead atoms. The van der Waals surface area contributed by atoms with Crippen molar-refractivity contribution >= 4 is 5.78 Å². The van der Waals surface area contributed by atoms with E-state index in [1.165, 1.54) is 6.20 Å². The Kier molecular flexibility index (Phi) is 4.18. The lowest BCUT2D eigenvalue weighted by Gasteiger charge is -2.33. The third kappa shape index (κ3) is 3.42. The first kappa shape index (κ1) is 14.7. The first-order valence-electron chi connectivity index (χ1n) is 6.44. The van der Waals surface area contributed by atoms with Crippen LogP contribution in [0.25, 0.3) is 0 Å². The summed E-state index contributed by atoms with van der Waals surface area (Å²) in [5.74, 6) is -4.37. The van der Waals surface area contributed by atoms with E-state index in [-0.39, 0.29) is 12.1 Å². The molecule has 0 saturated carbocycles. The number of Topliss-reactive ketones (excluding diaryl/α,β-unsaturated/α-hetero) is 1. The highest BCUT2D eigenvalue weighted by atomic mass is 19.3. The summed E-state index contributed by atoms with van der Waals surface area (Å²) in [6.45, 7) is 0.140. The SMILES string of the molecule is CN(C)/C=C1\CN(Cc2ccccc2)CC(F)(F)C1=O. The summed E-state index contributed by atoms with van der Waals surface area (Å²) in [6, 6.07) is 9.42. The molecule has 0 spiro atoms. The molecule has 0 aliphatic carbocycles. The van der Waals surface area contributed by atoms with Gasteiger partial charge < -0.3 is 4.90 Å².